The molecule has 0 radical (unpaired) electrons. The Morgan fingerprint density at radius 3 is 2.42 bits per heavy atom. The number of halogens is 1. The molecule has 0 saturated carbocycles. The SMILES string of the molecule is O=C1Nc2ccccc2[C@@]1(Cc1cccc(Br)c1)c1ccccc1. The molecular formula is C21H16BrNO. The maximum absolute atomic E-state index is 13.1. The summed E-state index contributed by atoms with van der Waals surface area (Å²) in [6.07, 6.45) is 0.624. The van der Waals surface area contributed by atoms with E-state index in [-0.39, 0.29) is 5.91 Å². The van der Waals surface area contributed by atoms with Gasteiger partial charge in [-0.1, -0.05) is 76.6 Å². The summed E-state index contributed by atoms with van der Waals surface area (Å²) in [5.41, 5.74) is 3.40. The zero-order valence-corrected chi connectivity index (χ0v) is 14.6. The summed E-state index contributed by atoms with van der Waals surface area (Å²) in [5.74, 6) is 0.0369. The molecule has 1 aliphatic heterocycles. The van der Waals surface area contributed by atoms with E-state index in [9.17, 15) is 4.79 Å². The second-order valence-electron chi connectivity index (χ2n) is 6.08. The predicted molar refractivity (Wildman–Crippen MR) is 100 cm³/mol. The standard InChI is InChI=1S/C21H16BrNO/c22-17-10-6-7-15(13-17)14-21(16-8-2-1-3-9-16)18-11-4-5-12-19(18)23-20(21)24/h1-13H,14H2,(H,23,24)/t21-/m1/s1. The Labute approximate surface area is 149 Å². The summed E-state index contributed by atoms with van der Waals surface area (Å²) in [5, 5.41) is 3.07. The third-order valence-corrected chi connectivity index (χ3v) is 5.14. The van der Waals surface area contributed by atoms with Gasteiger partial charge in [-0.2, -0.15) is 0 Å². The Morgan fingerprint density at radius 2 is 1.62 bits per heavy atom. The Hall–Kier alpha value is -2.39. The van der Waals surface area contributed by atoms with Gasteiger partial charge >= 0.3 is 0 Å². The highest BCUT2D eigenvalue weighted by molar-refractivity contribution is 9.10. The number of para-hydroxylation sites is 1. The van der Waals surface area contributed by atoms with Gasteiger partial charge < -0.3 is 5.32 Å². The molecule has 24 heavy (non-hydrogen) atoms. The van der Waals surface area contributed by atoms with Crippen LogP contribution in [-0.2, 0) is 16.6 Å². The molecule has 118 valence electrons. The van der Waals surface area contributed by atoms with Crippen molar-refractivity contribution < 1.29 is 4.79 Å². The zero-order chi connectivity index (χ0) is 16.6. The Balaban J connectivity index is 1.93. The molecule has 0 spiro atoms. The predicted octanol–water partition coefficient (Wildman–Crippen LogP) is 4.93. The first-order valence-electron chi connectivity index (χ1n) is 7.91. The van der Waals surface area contributed by atoms with Crippen LogP contribution in [0.5, 0.6) is 0 Å². The number of benzene rings is 3. The van der Waals surface area contributed by atoms with E-state index in [1.54, 1.807) is 0 Å². The number of fused-ring (bicyclic) bond motifs is 1. The van der Waals surface area contributed by atoms with Crippen LogP contribution in [0.2, 0.25) is 0 Å². The molecule has 2 nitrogen and oxygen atoms in total. The molecule has 3 aromatic carbocycles. The zero-order valence-electron chi connectivity index (χ0n) is 13.0. The number of anilines is 1. The molecule has 1 heterocycles. The van der Waals surface area contributed by atoms with Gasteiger partial charge in [0.15, 0.2) is 0 Å². The van der Waals surface area contributed by atoms with Crippen molar-refractivity contribution in [3.05, 3.63) is 100 Å². The molecule has 0 unspecified atom stereocenters. The fourth-order valence-corrected chi connectivity index (χ4v) is 4.00. The largest absolute Gasteiger partial charge is 0.325 e. The molecule has 1 aliphatic rings. The summed E-state index contributed by atoms with van der Waals surface area (Å²) in [6, 6.07) is 26.2. The first-order chi connectivity index (χ1) is 11.7. The molecule has 0 aromatic heterocycles. The molecule has 1 amide bonds. The van der Waals surface area contributed by atoms with Crippen LogP contribution in [0.4, 0.5) is 5.69 Å². The average Bonchev–Trinajstić information content (AvgIpc) is 2.89. The van der Waals surface area contributed by atoms with E-state index in [2.05, 4.69) is 39.4 Å². The highest BCUT2D eigenvalue weighted by Crippen LogP contribution is 2.45. The third-order valence-electron chi connectivity index (χ3n) is 4.65. The first kappa shape index (κ1) is 15.2. The van der Waals surface area contributed by atoms with Gasteiger partial charge in [0.25, 0.3) is 0 Å². The summed E-state index contributed by atoms with van der Waals surface area (Å²) >= 11 is 3.53. The van der Waals surface area contributed by atoms with Crippen molar-refractivity contribution in [2.45, 2.75) is 11.8 Å². The normalized spacial score (nSPS) is 19.0. The molecule has 0 bridgehead atoms. The van der Waals surface area contributed by atoms with Crippen molar-refractivity contribution in [3.63, 3.8) is 0 Å². The average molecular weight is 378 g/mol. The Kier molecular flexibility index (Phi) is 3.73. The number of hydrogen-bond acceptors (Lipinski definition) is 1. The maximum Gasteiger partial charge on any atom is 0.239 e. The van der Waals surface area contributed by atoms with E-state index in [1.165, 1.54) is 0 Å². The number of carbonyl (C=O) groups excluding carboxylic acids is 1. The van der Waals surface area contributed by atoms with Crippen molar-refractivity contribution >= 4 is 27.5 Å². The van der Waals surface area contributed by atoms with Gasteiger partial charge in [0, 0.05) is 10.2 Å². The van der Waals surface area contributed by atoms with Crippen LogP contribution in [-0.4, -0.2) is 5.91 Å². The molecular weight excluding hydrogens is 362 g/mol. The van der Waals surface area contributed by atoms with Crippen molar-refractivity contribution in [1.29, 1.82) is 0 Å². The lowest BCUT2D eigenvalue weighted by molar-refractivity contribution is -0.119. The van der Waals surface area contributed by atoms with E-state index >= 15 is 0 Å². The summed E-state index contributed by atoms with van der Waals surface area (Å²) in [6.45, 7) is 0. The fourth-order valence-electron chi connectivity index (χ4n) is 3.56. The minimum absolute atomic E-state index is 0.0369. The van der Waals surface area contributed by atoms with Crippen molar-refractivity contribution in [1.82, 2.24) is 0 Å². The number of hydrogen-bond donors (Lipinski definition) is 1. The molecule has 0 saturated heterocycles. The van der Waals surface area contributed by atoms with E-state index in [0.717, 1.165) is 26.9 Å². The Bertz CT molecular complexity index is 906. The molecule has 0 aliphatic carbocycles. The van der Waals surface area contributed by atoms with Crippen molar-refractivity contribution in [2.75, 3.05) is 5.32 Å². The van der Waals surface area contributed by atoms with E-state index in [1.807, 2.05) is 60.7 Å². The molecule has 1 atom stereocenters. The summed E-state index contributed by atoms with van der Waals surface area (Å²) in [4.78, 5) is 13.1. The van der Waals surface area contributed by atoms with Gasteiger partial charge in [-0.05, 0) is 41.3 Å². The van der Waals surface area contributed by atoms with Crippen LogP contribution in [0, 0.1) is 0 Å². The maximum atomic E-state index is 13.1. The number of carbonyl (C=O) groups is 1. The molecule has 4 rings (SSSR count). The number of nitrogens with one attached hydrogen (secondary N) is 1. The molecule has 3 heteroatoms. The van der Waals surface area contributed by atoms with Gasteiger partial charge in [0.1, 0.15) is 5.41 Å². The first-order valence-corrected chi connectivity index (χ1v) is 8.70. The lowest BCUT2D eigenvalue weighted by Crippen LogP contribution is -2.38. The number of rotatable bonds is 3. The highest BCUT2D eigenvalue weighted by atomic mass is 79.9. The van der Waals surface area contributed by atoms with Crippen molar-refractivity contribution in [3.8, 4) is 0 Å². The monoisotopic (exact) mass is 377 g/mol. The second kappa shape index (κ2) is 5.91. The Morgan fingerprint density at radius 1 is 0.875 bits per heavy atom. The molecule has 1 N–H and O–H groups in total. The van der Waals surface area contributed by atoms with E-state index in [0.29, 0.717) is 6.42 Å². The summed E-state index contributed by atoms with van der Waals surface area (Å²) in [7, 11) is 0. The van der Waals surface area contributed by atoms with E-state index < -0.39 is 5.41 Å². The highest BCUT2D eigenvalue weighted by Gasteiger charge is 2.47. The number of amides is 1. The fraction of sp³-hybridized carbons (Fsp3) is 0.0952. The van der Waals surface area contributed by atoms with Gasteiger partial charge in [-0.15, -0.1) is 0 Å². The van der Waals surface area contributed by atoms with Gasteiger partial charge in [-0.3, -0.25) is 4.79 Å². The quantitative estimate of drug-likeness (QED) is 0.688. The van der Waals surface area contributed by atoms with Crippen LogP contribution >= 0.6 is 15.9 Å². The van der Waals surface area contributed by atoms with Gasteiger partial charge in [0.2, 0.25) is 5.91 Å². The minimum atomic E-state index is -0.696. The van der Waals surface area contributed by atoms with Crippen LogP contribution in [0.15, 0.2) is 83.3 Å². The third kappa shape index (κ3) is 2.36. The second-order valence-corrected chi connectivity index (χ2v) is 6.99. The lowest BCUT2D eigenvalue weighted by atomic mass is 9.71. The van der Waals surface area contributed by atoms with Gasteiger partial charge in [0.05, 0.1) is 0 Å². The molecule has 0 fully saturated rings. The van der Waals surface area contributed by atoms with Crippen molar-refractivity contribution in [2.24, 2.45) is 0 Å². The summed E-state index contributed by atoms with van der Waals surface area (Å²) < 4.78 is 1.02. The smallest absolute Gasteiger partial charge is 0.239 e. The minimum Gasteiger partial charge on any atom is -0.325 e. The van der Waals surface area contributed by atoms with Crippen LogP contribution in [0.25, 0.3) is 0 Å². The van der Waals surface area contributed by atoms with Crippen LogP contribution in [0.1, 0.15) is 16.7 Å². The topological polar surface area (TPSA) is 29.1 Å². The van der Waals surface area contributed by atoms with E-state index in [4.69, 9.17) is 0 Å². The van der Waals surface area contributed by atoms with Gasteiger partial charge in [-0.25, -0.2) is 0 Å². The van der Waals surface area contributed by atoms with Crippen LogP contribution < -0.4 is 5.32 Å². The lowest BCUT2D eigenvalue weighted by Gasteiger charge is -2.28. The van der Waals surface area contributed by atoms with Crippen LogP contribution in [0.3, 0.4) is 0 Å². The molecule has 3 aromatic rings.